The van der Waals surface area contributed by atoms with Crippen molar-refractivity contribution in [1.29, 1.82) is 0 Å². The highest BCUT2D eigenvalue weighted by molar-refractivity contribution is 7.54. The summed E-state index contributed by atoms with van der Waals surface area (Å²) >= 11 is 0. The quantitative estimate of drug-likeness (QED) is 0.787. The Hall–Kier alpha value is -0.810. The summed E-state index contributed by atoms with van der Waals surface area (Å²) in [5.41, 5.74) is 0.158. The second kappa shape index (κ2) is 5.69. The van der Waals surface area contributed by atoms with Crippen LogP contribution in [0.4, 0.5) is 0 Å². The zero-order valence-corrected chi connectivity index (χ0v) is 11.1. The number of rotatable bonds is 6. The number of hydrogen-bond donors (Lipinski definition) is 1. The standard InChI is InChI=1S/C10H17N2O4P/c1-4-15-17(14,16-5-2)10(3,13)9-8-11-6-7-12-9/h6-8,13H,4-5H2,1-3H3. The summed E-state index contributed by atoms with van der Waals surface area (Å²) in [4.78, 5) is 7.77. The van der Waals surface area contributed by atoms with Crippen molar-refractivity contribution in [2.45, 2.75) is 26.1 Å². The van der Waals surface area contributed by atoms with E-state index in [2.05, 4.69) is 9.97 Å². The van der Waals surface area contributed by atoms with Gasteiger partial charge in [0.25, 0.3) is 0 Å². The topological polar surface area (TPSA) is 81.5 Å². The highest BCUT2D eigenvalue weighted by Gasteiger charge is 2.48. The first kappa shape index (κ1) is 14.3. The monoisotopic (exact) mass is 260 g/mol. The molecule has 96 valence electrons. The van der Waals surface area contributed by atoms with Gasteiger partial charge in [-0.15, -0.1) is 0 Å². The highest BCUT2D eigenvalue weighted by Crippen LogP contribution is 2.62. The first-order chi connectivity index (χ1) is 7.98. The minimum atomic E-state index is -3.69. The third-order valence-corrected chi connectivity index (χ3v) is 4.67. The van der Waals surface area contributed by atoms with Crippen LogP contribution >= 0.6 is 7.60 Å². The number of aromatic nitrogens is 2. The van der Waals surface area contributed by atoms with E-state index in [1.54, 1.807) is 13.8 Å². The second-order valence-corrected chi connectivity index (χ2v) is 5.83. The van der Waals surface area contributed by atoms with Gasteiger partial charge in [-0.05, 0) is 20.8 Å². The Labute approximate surface area is 101 Å². The van der Waals surface area contributed by atoms with Crippen molar-refractivity contribution >= 4 is 7.60 Å². The van der Waals surface area contributed by atoms with E-state index in [0.717, 1.165) is 0 Å². The molecule has 0 amide bonds. The molecular formula is C10H17N2O4P. The van der Waals surface area contributed by atoms with Crippen LogP contribution in [0.5, 0.6) is 0 Å². The molecule has 1 aromatic rings. The molecule has 0 spiro atoms. The smallest absolute Gasteiger partial charge is 0.367 e. The lowest BCUT2D eigenvalue weighted by Gasteiger charge is -2.30. The van der Waals surface area contributed by atoms with Crippen LogP contribution in [0, 0.1) is 0 Å². The molecular weight excluding hydrogens is 243 g/mol. The van der Waals surface area contributed by atoms with Crippen molar-refractivity contribution in [3.8, 4) is 0 Å². The van der Waals surface area contributed by atoms with Gasteiger partial charge in [0.05, 0.1) is 19.4 Å². The molecule has 1 unspecified atom stereocenters. The molecule has 0 aliphatic carbocycles. The summed E-state index contributed by atoms with van der Waals surface area (Å²) < 4.78 is 22.7. The normalized spacial score (nSPS) is 15.5. The van der Waals surface area contributed by atoms with Gasteiger partial charge in [-0.3, -0.25) is 14.5 Å². The molecule has 17 heavy (non-hydrogen) atoms. The maximum Gasteiger partial charge on any atom is 0.367 e. The minimum absolute atomic E-state index is 0.158. The molecule has 0 saturated heterocycles. The number of nitrogens with zero attached hydrogens (tertiary/aromatic N) is 2. The summed E-state index contributed by atoms with van der Waals surface area (Å²) in [6.45, 7) is 5.06. The third-order valence-electron chi connectivity index (χ3n) is 2.18. The van der Waals surface area contributed by atoms with Crippen LogP contribution < -0.4 is 0 Å². The molecule has 1 atom stereocenters. The molecule has 0 fully saturated rings. The summed E-state index contributed by atoms with van der Waals surface area (Å²) in [5.74, 6) is 0. The number of aliphatic hydroxyl groups is 1. The fourth-order valence-electron chi connectivity index (χ4n) is 1.31. The van der Waals surface area contributed by atoms with E-state index in [1.807, 2.05) is 0 Å². The molecule has 0 bridgehead atoms. The van der Waals surface area contributed by atoms with Crippen molar-refractivity contribution < 1.29 is 18.7 Å². The van der Waals surface area contributed by atoms with Crippen LogP contribution in [0.15, 0.2) is 18.6 Å². The average molecular weight is 260 g/mol. The van der Waals surface area contributed by atoms with Crippen LogP contribution in [-0.2, 0) is 19.0 Å². The van der Waals surface area contributed by atoms with Crippen LogP contribution in [-0.4, -0.2) is 28.3 Å². The summed E-state index contributed by atoms with van der Waals surface area (Å²) in [6.07, 6.45) is 4.21. The van der Waals surface area contributed by atoms with E-state index in [1.165, 1.54) is 25.5 Å². The van der Waals surface area contributed by atoms with Gasteiger partial charge >= 0.3 is 7.60 Å². The molecule has 0 aliphatic rings. The van der Waals surface area contributed by atoms with Crippen LogP contribution in [0.1, 0.15) is 26.5 Å². The highest BCUT2D eigenvalue weighted by atomic mass is 31.2. The molecule has 0 saturated carbocycles. The molecule has 0 aromatic carbocycles. The lowest BCUT2D eigenvalue weighted by molar-refractivity contribution is 0.0766. The van der Waals surface area contributed by atoms with Crippen molar-refractivity contribution in [3.63, 3.8) is 0 Å². The molecule has 1 rings (SSSR count). The molecule has 6 nitrogen and oxygen atoms in total. The van der Waals surface area contributed by atoms with Crippen molar-refractivity contribution in [2.75, 3.05) is 13.2 Å². The Morgan fingerprint density at radius 3 is 2.35 bits per heavy atom. The predicted octanol–water partition coefficient (Wildman–Crippen LogP) is 1.91. The van der Waals surface area contributed by atoms with Gasteiger partial charge in [0.2, 0.25) is 5.34 Å². The summed E-state index contributed by atoms with van der Waals surface area (Å²) in [6, 6.07) is 0. The van der Waals surface area contributed by atoms with E-state index in [4.69, 9.17) is 9.05 Å². The van der Waals surface area contributed by atoms with Crippen LogP contribution in [0.3, 0.4) is 0 Å². The van der Waals surface area contributed by atoms with Gasteiger partial charge in [0, 0.05) is 12.4 Å². The summed E-state index contributed by atoms with van der Waals surface area (Å²) in [7, 11) is -3.69. The largest absolute Gasteiger partial charge is 0.372 e. The minimum Gasteiger partial charge on any atom is -0.372 e. The first-order valence-electron chi connectivity index (χ1n) is 5.36. The Morgan fingerprint density at radius 1 is 1.35 bits per heavy atom. The van der Waals surface area contributed by atoms with Gasteiger partial charge in [-0.25, -0.2) is 0 Å². The first-order valence-corrected chi connectivity index (χ1v) is 6.90. The molecule has 1 aromatic heterocycles. The lowest BCUT2D eigenvalue weighted by Crippen LogP contribution is -2.26. The van der Waals surface area contributed by atoms with Crippen LogP contribution in [0.2, 0.25) is 0 Å². The Bertz CT molecular complexity index is 387. The zero-order chi connectivity index (χ0) is 12.9. The van der Waals surface area contributed by atoms with E-state index < -0.39 is 12.9 Å². The van der Waals surface area contributed by atoms with Gasteiger partial charge in [-0.2, -0.15) is 0 Å². The van der Waals surface area contributed by atoms with Gasteiger partial charge < -0.3 is 14.2 Å². The predicted molar refractivity (Wildman–Crippen MR) is 62.5 cm³/mol. The van der Waals surface area contributed by atoms with Gasteiger partial charge in [0.1, 0.15) is 5.69 Å². The fraction of sp³-hybridized carbons (Fsp3) is 0.600. The molecule has 7 heteroatoms. The van der Waals surface area contributed by atoms with Crippen LogP contribution in [0.25, 0.3) is 0 Å². The van der Waals surface area contributed by atoms with Crippen molar-refractivity contribution in [1.82, 2.24) is 9.97 Å². The van der Waals surface area contributed by atoms with Crippen molar-refractivity contribution in [3.05, 3.63) is 24.3 Å². The zero-order valence-electron chi connectivity index (χ0n) is 10.2. The van der Waals surface area contributed by atoms with E-state index in [0.29, 0.717) is 0 Å². The second-order valence-electron chi connectivity index (χ2n) is 3.44. The maximum atomic E-state index is 12.5. The number of hydrogen-bond acceptors (Lipinski definition) is 6. The van der Waals surface area contributed by atoms with Gasteiger partial charge in [-0.1, -0.05) is 0 Å². The fourth-order valence-corrected chi connectivity index (χ4v) is 2.97. The Kier molecular flexibility index (Phi) is 4.77. The lowest BCUT2D eigenvalue weighted by atomic mass is 10.3. The van der Waals surface area contributed by atoms with Crippen molar-refractivity contribution in [2.24, 2.45) is 0 Å². The van der Waals surface area contributed by atoms with Gasteiger partial charge in [0.15, 0.2) is 0 Å². The molecule has 0 aliphatic heterocycles. The van der Waals surface area contributed by atoms with E-state index >= 15 is 0 Å². The molecule has 0 radical (unpaired) electrons. The van der Waals surface area contributed by atoms with E-state index in [9.17, 15) is 9.67 Å². The van der Waals surface area contributed by atoms with E-state index in [-0.39, 0.29) is 18.9 Å². The molecule has 1 N–H and O–H groups in total. The summed E-state index contributed by atoms with van der Waals surface area (Å²) in [5, 5.41) is 8.54. The Morgan fingerprint density at radius 2 is 1.94 bits per heavy atom. The average Bonchev–Trinajstić information content (AvgIpc) is 2.30. The third kappa shape index (κ3) is 2.90. The SMILES string of the molecule is CCOP(=O)(OCC)C(C)(O)c1cnccn1. The Balaban J connectivity index is 3.13. The maximum absolute atomic E-state index is 12.5. The molecule has 1 heterocycles.